The highest BCUT2D eigenvalue weighted by molar-refractivity contribution is 14.1. The Balaban J connectivity index is 1.44. The minimum absolute atomic E-state index is 0.0318. The van der Waals surface area contributed by atoms with Crippen LogP contribution in [-0.4, -0.2) is 12.5 Å². The molecule has 4 rings (SSSR count). The van der Waals surface area contributed by atoms with Crippen LogP contribution in [0.4, 0.5) is 5.69 Å². The van der Waals surface area contributed by atoms with Crippen LogP contribution in [0.15, 0.2) is 103 Å². The molecular weight excluding hydrogens is 603 g/mol. The third-order valence-corrected chi connectivity index (χ3v) is 6.40. The van der Waals surface area contributed by atoms with Crippen molar-refractivity contribution < 1.29 is 19.0 Å². The molecule has 0 aliphatic carbocycles. The van der Waals surface area contributed by atoms with Crippen LogP contribution in [0.3, 0.4) is 0 Å². The normalized spacial score (nSPS) is 10.8. The van der Waals surface area contributed by atoms with Crippen molar-refractivity contribution in [1.29, 1.82) is 5.26 Å². The summed E-state index contributed by atoms with van der Waals surface area (Å²) >= 11 is 2.17. The second kappa shape index (κ2) is 14.0. The van der Waals surface area contributed by atoms with E-state index < -0.39 is 5.91 Å². The molecular formula is C32H27IN2O4. The highest BCUT2D eigenvalue weighted by atomic mass is 127. The van der Waals surface area contributed by atoms with E-state index in [1.165, 1.54) is 0 Å². The zero-order valence-electron chi connectivity index (χ0n) is 21.4. The maximum Gasteiger partial charge on any atom is 0.266 e. The van der Waals surface area contributed by atoms with E-state index in [1.807, 2.05) is 79.7 Å². The van der Waals surface area contributed by atoms with Gasteiger partial charge in [0, 0.05) is 5.69 Å². The van der Waals surface area contributed by atoms with Gasteiger partial charge in [0.2, 0.25) is 0 Å². The fourth-order valence-corrected chi connectivity index (χ4v) is 4.47. The van der Waals surface area contributed by atoms with Crippen molar-refractivity contribution in [3.8, 4) is 23.3 Å². The molecule has 1 amide bonds. The Labute approximate surface area is 242 Å². The van der Waals surface area contributed by atoms with E-state index in [-0.39, 0.29) is 5.57 Å². The fraction of sp³-hybridized carbons (Fsp3) is 0.125. The Kier molecular flexibility index (Phi) is 9.98. The number of carbonyl (C=O) groups excluding carboxylic acids is 1. The average Bonchev–Trinajstić information content (AvgIpc) is 2.96. The Bertz CT molecular complexity index is 1460. The molecule has 4 aromatic carbocycles. The monoisotopic (exact) mass is 630 g/mol. The summed E-state index contributed by atoms with van der Waals surface area (Å²) in [4.78, 5) is 12.9. The van der Waals surface area contributed by atoms with E-state index in [0.29, 0.717) is 48.3 Å². The number of nitriles is 1. The first-order chi connectivity index (χ1) is 19.1. The topological polar surface area (TPSA) is 80.6 Å². The summed E-state index contributed by atoms with van der Waals surface area (Å²) in [6.07, 6.45) is 1.54. The van der Waals surface area contributed by atoms with Crippen molar-refractivity contribution in [2.75, 3.05) is 11.9 Å². The van der Waals surface area contributed by atoms with Gasteiger partial charge in [0.25, 0.3) is 5.91 Å². The van der Waals surface area contributed by atoms with Crippen LogP contribution in [0.1, 0.15) is 23.6 Å². The highest BCUT2D eigenvalue weighted by Gasteiger charge is 2.15. The Morgan fingerprint density at radius 3 is 2.08 bits per heavy atom. The van der Waals surface area contributed by atoms with Crippen LogP contribution in [-0.2, 0) is 18.0 Å². The first kappa shape index (κ1) is 27.7. The van der Waals surface area contributed by atoms with Crippen molar-refractivity contribution in [2.24, 2.45) is 0 Å². The molecule has 39 heavy (non-hydrogen) atoms. The van der Waals surface area contributed by atoms with Gasteiger partial charge in [0.15, 0.2) is 11.5 Å². The predicted molar refractivity (Wildman–Crippen MR) is 161 cm³/mol. The summed E-state index contributed by atoms with van der Waals surface area (Å²) in [6.45, 7) is 3.19. The van der Waals surface area contributed by atoms with Crippen molar-refractivity contribution in [3.63, 3.8) is 0 Å². The fourth-order valence-electron chi connectivity index (χ4n) is 3.69. The standard InChI is InChI=1S/C32H27IN2O4/c1-2-37-30-19-25(18-29(33)31(30)39-22-24-11-7-4-8-12-24)17-26(20-34)32(36)35-27-13-15-28(16-14-27)38-21-23-9-5-3-6-10-23/h3-19H,2,21-22H2,1H3,(H,35,36)/b26-17+. The Morgan fingerprint density at radius 1 is 0.872 bits per heavy atom. The Hall–Kier alpha value is -4.29. The summed E-state index contributed by atoms with van der Waals surface area (Å²) in [5.41, 5.74) is 3.29. The molecule has 0 aliphatic heterocycles. The van der Waals surface area contributed by atoms with Gasteiger partial charge in [-0.3, -0.25) is 4.79 Å². The number of rotatable bonds is 11. The number of amides is 1. The second-order valence-electron chi connectivity index (χ2n) is 8.46. The largest absolute Gasteiger partial charge is 0.490 e. The van der Waals surface area contributed by atoms with E-state index in [2.05, 4.69) is 27.9 Å². The molecule has 0 aromatic heterocycles. The van der Waals surface area contributed by atoms with Gasteiger partial charge in [0.05, 0.1) is 10.2 Å². The van der Waals surface area contributed by atoms with Crippen molar-refractivity contribution in [2.45, 2.75) is 20.1 Å². The minimum Gasteiger partial charge on any atom is -0.490 e. The van der Waals surface area contributed by atoms with E-state index >= 15 is 0 Å². The van der Waals surface area contributed by atoms with Gasteiger partial charge in [-0.1, -0.05) is 60.7 Å². The lowest BCUT2D eigenvalue weighted by atomic mass is 10.1. The zero-order valence-corrected chi connectivity index (χ0v) is 23.6. The van der Waals surface area contributed by atoms with Crippen molar-refractivity contribution in [1.82, 2.24) is 0 Å². The predicted octanol–water partition coefficient (Wildman–Crippen LogP) is 7.39. The molecule has 0 bridgehead atoms. The summed E-state index contributed by atoms with van der Waals surface area (Å²) in [7, 11) is 0. The summed E-state index contributed by atoms with van der Waals surface area (Å²) in [5, 5.41) is 12.5. The molecule has 6 nitrogen and oxygen atoms in total. The molecule has 7 heteroatoms. The molecule has 0 saturated carbocycles. The number of anilines is 1. The van der Waals surface area contributed by atoms with Gasteiger partial charge < -0.3 is 19.5 Å². The molecule has 0 atom stereocenters. The van der Waals surface area contributed by atoms with Gasteiger partial charge >= 0.3 is 0 Å². The van der Waals surface area contributed by atoms with Crippen LogP contribution in [0.25, 0.3) is 6.08 Å². The molecule has 0 saturated heterocycles. The quantitative estimate of drug-likeness (QED) is 0.106. The molecule has 1 N–H and O–H groups in total. The van der Waals surface area contributed by atoms with Gasteiger partial charge in [-0.25, -0.2) is 0 Å². The van der Waals surface area contributed by atoms with Gasteiger partial charge in [-0.15, -0.1) is 0 Å². The number of nitrogens with zero attached hydrogens (tertiary/aromatic N) is 1. The molecule has 0 heterocycles. The summed E-state index contributed by atoms with van der Waals surface area (Å²) in [6, 6.07) is 32.4. The molecule has 0 spiro atoms. The second-order valence-corrected chi connectivity index (χ2v) is 9.62. The average molecular weight is 630 g/mol. The minimum atomic E-state index is -0.507. The molecule has 4 aromatic rings. The number of hydrogen-bond donors (Lipinski definition) is 1. The number of halogens is 1. The summed E-state index contributed by atoms with van der Waals surface area (Å²) < 4.78 is 18.5. The van der Waals surface area contributed by atoms with Gasteiger partial charge in [0.1, 0.15) is 30.6 Å². The van der Waals surface area contributed by atoms with Crippen LogP contribution in [0, 0.1) is 14.9 Å². The lowest BCUT2D eigenvalue weighted by Crippen LogP contribution is -2.13. The highest BCUT2D eigenvalue weighted by Crippen LogP contribution is 2.35. The van der Waals surface area contributed by atoms with Crippen molar-refractivity contribution in [3.05, 3.63) is 123 Å². The van der Waals surface area contributed by atoms with Crippen LogP contribution < -0.4 is 19.5 Å². The van der Waals surface area contributed by atoms with Crippen LogP contribution in [0.5, 0.6) is 17.2 Å². The molecule has 0 unspecified atom stereocenters. The zero-order chi connectivity index (χ0) is 27.5. The summed E-state index contributed by atoms with van der Waals surface area (Å²) in [5.74, 6) is 1.35. The third-order valence-electron chi connectivity index (χ3n) is 5.59. The number of nitrogens with one attached hydrogen (secondary N) is 1. The van der Waals surface area contributed by atoms with E-state index in [1.54, 1.807) is 36.4 Å². The third kappa shape index (κ3) is 8.09. The van der Waals surface area contributed by atoms with Crippen LogP contribution in [0.2, 0.25) is 0 Å². The number of carbonyl (C=O) groups is 1. The lowest BCUT2D eigenvalue weighted by Gasteiger charge is -2.15. The van der Waals surface area contributed by atoms with E-state index in [0.717, 1.165) is 14.7 Å². The number of ether oxygens (including phenoxy) is 3. The van der Waals surface area contributed by atoms with Gasteiger partial charge in [-0.2, -0.15) is 5.26 Å². The van der Waals surface area contributed by atoms with Gasteiger partial charge in [-0.05, 0) is 88.7 Å². The molecule has 196 valence electrons. The van der Waals surface area contributed by atoms with E-state index in [4.69, 9.17) is 14.2 Å². The maximum atomic E-state index is 12.9. The van der Waals surface area contributed by atoms with E-state index in [9.17, 15) is 10.1 Å². The first-order valence-electron chi connectivity index (χ1n) is 12.4. The lowest BCUT2D eigenvalue weighted by molar-refractivity contribution is -0.112. The van der Waals surface area contributed by atoms with Crippen LogP contribution >= 0.6 is 22.6 Å². The number of benzene rings is 4. The first-order valence-corrected chi connectivity index (χ1v) is 13.5. The smallest absolute Gasteiger partial charge is 0.266 e. The molecule has 0 aliphatic rings. The maximum absolute atomic E-state index is 12.9. The number of hydrogen-bond acceptors (Lipinski definition) is 5. The van der Waals surface area contributed by atoms with Crippen molar-refractivity contribution >= 4 is 40.3 Å². The Morgan fingerprint density at radius 2 is 1.49 bits per heavy atom. The molecule has 0 radical (unpaired) electrons. The molecule has 0 fully saturated rings. The SMILES string of the molecule is CCOc1cc(/C=C(\C#N)C(=O)Nc2ccc(OCc3ccccc3)cc2)cc(I)c1OCc1ccccc1.